The summed E-state index contributed by atoms with van der Waals surface area (Å²) < 4.78 is 151. The van der Waals surface area contributed by atoms with Gasteiger partial charge in [-0.05, 0) is 46.7 Å². The van der Waals surface area contributed by atoms with Gasteiger partial charge in [0.1, 0.15) is 0 Å². The maximum Gasteiger partial charge on any atom is 0.297 e. The Kier molecular flexibility index (Phi) is 95.6. The van der Waals surface area contributed by atoms with E-state index in [0.717, 1.165) is 5.56 Å². The fraction of sp³-hybridized carbons (Fsp3) is 0.902. The van der Waals surface area contributed by atoms with Gasteiger partial charge in [0, 0.05) is 63.8 Å². The zero-order chi connectivity index (χ0) is 76.7. The maximum atomic E-state index is 12.0. The Bertz CT molecular complexity index is 2250. The summed E-state index contributed by atoms with van der Waals surface area (Å²) >= 11 is 0. The van der Waals surface area contributed by atoms with Crippen molar-refractivity contribution >= 4 is 10.1 Å². The first-order chi connectivity index (χ1) is 51.8. The molecular weight excluding hydrogens is 1420 g/mol. The maximum absolute atomic E-state index is 12.0. The van der Waals surface area contributed by atoms with Crippen LogP contribution in [0.4, 0.5) is 0 Å². The van der Waals surface area contributed by atoms with E-state index in [1.165, 1.54) is 12.1 Å². The molecule has 0 aliphatic rings. The zero-order valence-corrected chi connectivity index (χ0v) is 62.1. The van der Waals surface area contributed by atoms with Crippen molar-refractivity contribution in [3.63, 3.8) is 0 Å². The monoisotopic (exact) mass is 1540 g/mol. The summed E-state index contributed by atoms with van der Waals surface area (Å²) in [6.07, 6.45) is 0. The van der Waals surface area contributed by atoms with E-state index in [1.54, 1.807) is 12.1 Å². The Morgan fingerprint density at radius 1 is 0.276 bits per heavy atom. The average molecular weight is 1540 g/mol. The summed E-state index contributed by atoms with van der Waals surface area (Å²) in [5, 5.41) is 25.0. The highest BCUT2D eigenvalue weighted by Gasteiger charge is 2.14. The molecule has 0 heterocycles. The number of ether oxygens (including phenoxy) is 23. The van der Waals surface area contributed by atoms with Gasteiger partial charge in [0.15, 0.2) is 0 Å². The van der Waals surface area contributed by atoms with Crippen LogP contribution in [0.5, 0.6) is 0 Å². The largest absolute Gasteiger partial charge is 0.394 e. The Hall–Kier alpha value is -5.32. The molecule has 0 unspecified atom stereocenters. The van der Waals surface area contributed by atoms with Gasteiger partial charge in [0.25, 0.3) is 10.1 Å². The molecule has 0 saturated heterocycles. The van der Waals surface area contributed by atoms with Crippen molar-refractivity contribution in [1.29, 1.82) is 0 Å². The third-order valence-electron chi connectivity index (χ3n) is 11.3. The molecule has 1 rings (SSSR count). The molecule has 0 spiro atoms. The first kappa shape index (κ1) is 104. The number of benzene rings is 1. The molecule has 0 saturated carbocycles. The molecular formula is C61H118N16O27S. The number of hydrogen-bond donors (Lipinski definition) is 2. The predicted molar refractivity (Wildman–Crippen MR) is 379 cm³/mol. The smallest absolute Gasteiger partial charge is 0.297 e. The lowest BCUT2D eigenvalue weighted by Crippen LogP contribution is -2.15. The summed E-state index contributed by atoms with van der Waals surface area (Å²) in [5.41, 5.74) is 46.5. The fourth-order valence-corrected chi connectivity index (χ4v) is 7.35. The summed E-state index contributed by atoms with van der Waals surface area (Å²) in [5.74, 6) is 0. The summed E-state index contributed by atoms with van der Waals surface area (Å²) in [6.45, 7) is 25.3. The SMILES string of the molecule is Cc1ccc(S(=O)(=O)OCCOCCOCCOCCOCCOCCN=[N+]=[N-])cc1.[N-]=[N+]=NCCOCCOCCO.[N-]=[N+]=NCCOCCOCCOCCOCCOCCOCCOCCOCCN.[N-]=[N+]=NCCOCCOCCOCCOCCOCCOCCOCCOCCN=[N+]=[N-]. The van der Waals surface area contributed by atoms with Crippen molar-refractivity contribution < 1.29 is 127 Å². The molecule has 3 N–H and O–H groups in total. The van der Waals surface area contributed by atoms with Gasteiger partial charge in [0.2, 0.25) is 0 Å². The molecule has 0 aromatic heterocycles. The Balaban J connectivity index is -0.00000138. The van der Waals surface area contributed by atoms with E-state index in [-0.39, 0.29) is 24.7 Å². The summed E-state index contributed by atoms with van der Waals surface area (Å²) in [4.78, 5) is 13.2. The van der Waals surface area contributed by atoms with Crippen molar-refractivity contribution in [2.24, 2.45) is 31.3 Å². The molecule has 43 nitrogen and oxygen atoms in total. The second-order valence-electron chi connectivity index (χ2n) is 19.5. The van der Waals surface area contributed by atoms with Gasteiger partial charge in [-0.3, -0.25) is 4.18 Å². The van der Waals surface area contributed by atoms with E-state index in [9.17, 15) is 8.42 Å². The number of aliphatic hydroxyl groups is 1. The van der Waals surface area contributed by atoms with Crippen LogP contribution >= 0.6 is 0 Å². The highest BCUT2D eigenvalue weighted by atomic mass is 32.2. The normalized spacial score (nSPS) is 10.8. The standard InChI is InChI=1S/C19H31N3O8S.C18H36N6O8.C18H38N4O8.C6H13N3O3/c1-18-2-4-19(5-3-18)31(23,24)30-17-16-29-15-14-28-13-12-27-11-10-26-9-8-25-7-6-21-22-20;19-23-21-1-3-25-5-7-27-9-11-29-13-15-31-17-18-32-16-14-30-12-10-28-8-6-26-4-2-22-24-20;19-1-3-23-5-7-25-9-11-27-13-15-29-17-18-30-16-14-28-12-10-26-8-6-24-4-2-21-22-20;7-9-8-1-3-11-5-6-12-4-2-10/h2-5H,6-17H2,1H3;1-18H2;1-19H2;10H,1-6H2. The zero-order valence-electron chi connectivity index (χ0n) is 61.2. The van der Waals surface area contributed by atoms with Crippen molar-refractivity contribution in [3.8, 4) is 0 Å². The Morgan fingerprint density at radius 2 is 0.438 bits per heavy atom. The topological polar surface area (TPSA) is 546 Å². The minimum absolute atomic E-state index is 0.0265. The third kappa shape index (κ3) is 96.7. The van der Waals surface area contributed by atoms with Gasteiger partial charge < -0.3 is 120 Å². The molecule has 0 radical (unpaired) electrons. The van der Waals surface area contributed by atoms with Crippen molar-refractivity contribution in [1.82, 2.24) is 0 Å². The number of hydrogen-bond acceptors (Lipinski definition) is 33. The quantitative estimate of drug-likeness (QED) is 0.0297. The number of nitrogens with zero attached hydrogens (tertiary/aromatic N) is 15. The molecule has 0 bridgehead atoms. The number of aryl methyl sites for hydroxylation is 1. The molecule has 105 heavy (non-hydrogen) atoms. The van der Waals surface area contributed by atoms with Crippen LogP contribution in [-0.2, 0) is 123 Å². The number of azide groups is 5. The first-order valence-corrected chi connectivity index (χ1v) is 35.8. The molecule has 0 aliphatic carbocycles. The third-order valence-corrected chi connectivity index (χ3v) is 12.7. The Labute approximate surface area is 616 Å². The van der Waals surface area contributed by atoms with E-state index >= 15 is 0 Å². The van der Waals surface area contributed by atoms with Crippen LogP contribution in [0.15, 0.2) is 54.7 Å². The molecule has 1 aromatic carbocycles. The van der Waals surface area contributed by atoms with Gasteiger partial charge in [-0.1, -0.05) is 43.3 Å². The van der Waals surface area contributed by atoms with Gasteiger partial charge in [-0.2, -0.15) is 8.42 Å². The second kappa shape index (κ2) is 96.7. The van der Waals surface area contributed by atoms with Crippen LogP contribution in [-0.4, -0.2) is 370 Å². The molecule has 0 amide bonds. The lowest BCUT2D eigenvalue weighted by atomic mass is 10.2. The molecule has 0 aliphatic heterocycles. The lowest BCUT2D eigenvalue weighted by Gasteiger charge is -2.08. The van der Waals surface area contributed by atoms with E-state index in [4.69, 9.17) is 152 Å². The van der Waals surface area contributed by atoms with Gasteiger partial charge in [-0.15, -0.1) is 0 Å². The van der Waals surface area contributed by atoms with E-state index in [2.05, 4.69) is 50.1 Å². The van der Waals surface area contributed by atoms with Crippen molar-refractivity contribution in [2.45, 2.75) is 11.8 Å². The number of nitrogens with two attached hydrogens (primary N) is 1. The number of rotatable bonds is 81. The van der Waals surface area contributed by atoms with Crippen LogP contribution in [0.3, 0.4) is 0 Å². The highest BCUT2D eigenvalue weighted by molar-refractivity contribution is 7.86. The van der Waals surface area contributed by atoms with Crippen molar-refractivity contribution in [2.75, 3.05) is 356 Å². The van der Waals surface area contributed by atoms with Gasteiger partial charge >= 0.3 is 0 Å². The van der Waals surface area contributed by atoms with Crippen LogP contribution < -0.4 is 5.73 Å². The average Bonchev–Trinajstić information content (AvgIpc) is 0.854. The van der Waals surface area contributed by atoms with E-state index in [1.807, 2.05) is 6.92 Å². The molecule has 610 valence electrons. The minimum Gasteiger partial charge on any atom is -0.394 e. The summed E-state index contributed by atoms with van der Waals surface area (Å²) in [7, 11) is -3.76. The molecule has 0 atom stereocenters. The molecule has 1 aromatic rings. The minimum atomic E-state index is -3.76. The van der Waals surface area contributed by atoms with Crippen LogP contribution in [0.25, 0.3) is 52.2 Å². The summed E-state index contributed by atoms with van der Waals surface area (Å²) in [6, 6.07) is 6.46. The van der Waals surface area contributed by atoms with E-state index < -0.39 is 10.1 Å². The lowest BCUT2D eigenvalue weighted by molar-refractivity contribution is -0.0227. The first-order valence-electron chi connectivity index (χ1n) is 34.4. The number of aliphatic hydroxyl groups excluding tert-OH is 1. The Morgan fingerprint density at radius 3 is 0.610 bits per heavy atom. The van der Waals surface area contributed by atoms with Gasteiger partial charge in [-0.25, -0.2) is 0 Å². The predicted octanol–water partition coefficient (Wildman–Crippen LogP) is 4.54. The van der Waals surface area contributed by atoms with Crippen molar-refractivity contribution in [3.05, 3.63) is 82.0 Å². The molecule has 44 heteroatoms. The highest BCUT2D eigenvalue weighted by Crippen LogP contribution is 2.13. The van der Waals surface area contributed by atoms with E-state index in [0.29, 0.717) is 337 Å². The van der Waals surface area contributed by atoms with Crippen LogP contribution in [0.2, 0.25) is 0 Å². The van der Waals surface area contributed by atoms with Crippen LogP contribution in [0.1, 0.15) is 5.56 Å². The van der Waals surface area contributed by atoms with Crippen LogP contribution in [0, 0.1) is 6.92 Å². The fourth-order valence-electron chi connectivity index (χ4n) is 6.46. The molecule has 0 fully saturated rings. The second-order valence-corrected chi connectivity index (χ2v) is 21.1. The van der Waals surface area contributed by atoms with Gasteiger partial charge in [0.05, 0.1) is 322 Å².